The van der Waals surface area contributed by atoms with E-state index in [-0.39, 0.29) is 6.03 Å². The molecule has 0 saturated carbocycles. The number of carbonyl (C=O) groups excluding carboxylic acids is 1. The van der Waals surface area contributed by atoms with E-state index in [9.17, 15) is 4.79 Å². The van der Waals surface area contributed by atoms with Crippen LogP contribution in [0.15, 0.2) is 24.3 Å². The predicted octanol–water partition coefficient (Wildman–Crippen LogP) is 2.04. The number of ether oxygens (including phenoxy) is 1. The molecule has 0 atom stereocenters. The molecule has 0 bridgehead atoms. The van der Waals surface area contributed by atoms with E-state index >= 15 is 0 Å². The van der Waals surface area contributed by atoms with Crippen molar-refractivity contribution >= 4 is 11.7 Å². The highest BCUT2D eigenvalue weighted by molar-refractivity contribution is 5.74. The molecule has 2 aromatic rings. The van der Waals surface area contributed by atoms with Crippen LogP contribution in [0, 0.1) is 0 Å². The molecule has 1 saturated heterocycles. The molecule has 150 valence electrons. The Morgan fingerprint density at radius 2 is 1.82 bits per heavy atom. The van der Waals surface area contributed by atoms with Gasteiger partial charge >= 0.3 is 6.03 Å². The molecule has 0 spiro atoms. The minimum absolute atomic E-state index is 0.0275. The van der Waals surface area contributed by atoms with Gasteiger partial charge in [-0.25, -0.2) is 4.79 Å². The van der Waals surface area contributed by atoms with Crippen LogP contribution in [0.4, 0.5) is 10.5 Å². The molecule has 1 N–H and O–H groups in total. The van der Waals surface area contributed by atoms with Crippen molar-refractivity contribution in [3.05, 3.63) is 35.9 Å². The molecular weight excluding hydrogens is 356 g/mol. The number of nitrogens with zero attached hydrogens (tertiary/aromatic N) is 5. The second-order valence-electron chi connectivity index (χ2n) is 7.33. The Bertz CT molecular complexity index is 796. The minimum Gasteiger partial charge on any atom is -0.497 e. The van der Waals surface area contributed by atoms with E-state index in [1.807, 2.05) is 17.0 Å². The Morgan fingerprint density at radius 3 is 2.57 bits per heavy atom. The average molecular weight is 384 g/mol. The summed E-state index contributed by atoms with van der Waals surface area (Å²) < 4.78 is 7.39. The van der Waals surface area contributed by atoms with Crippen molar-refractivity contribution < 1.29 is 9.53 Å². The van der Waals surface area contributed by atoms with Gasteiger partial charge in [0, 0.05) is 44.8 Å². The van der Waals surface area contributed by atoms with Crippen LogP contribution < -0.4 is 15.0 Å². The first-order valence-electron chi connectivity index (χ1n) is 10.1. The lowest BCUT2D eigenvalue weighted by molar-refractivity contribution is 0.193. The summed E-state index contributed by atoms with van der Waals surface area (Å²) >= 11 is 0. The molecule has 1 aromatic heterocycles. The third kappa shape index (κ3) is 4.05. The Labute approximate surface area is 165 Å². The van der Waals surface area contributed by atoms with Gasteiger partial charge in [-0.2, -0.15) is 0 Å². The fourth-order valence-corrected chi connectivity index (χ4v) is 3.90. The number of anilines is 1. The Hall–Kier alpha value is -2.77. The van der Waals surface area contributed by atoms with Crippen molar-refractivity contribution in [1.82, 2.24) is 25.0 Å². The molecule has 2 aliphatic rings. The van der Waals surface area contributed by atoms with Crippen LogP contribution in [-0.2, 0) is 19.5 Å². The summed E-state index contributed by atoms with van der Waals surface area (Å²) in [6.07, 6.45) is 4.53. The first-order chi connectivity index (χ1) is 13.7. The van der Waals surface area contributed by atoms with E-state index in [4.69, 9.17) is 4.74 Å². The zero-order valence-corrected chi connectivity index (χ0v) is 16.4. The molecule has 4 rings (SSSR count). The lowest BCUT2D eigenvalue weighted by Crippen LogP contribution is -2.51. The van der Waals surface area contributed by atoms with Crippen LogP contribution in [0.3, 0.4) is 0 Å². The van der Waals surface area contributed by atoms with Gasteiger partial charge in [-0.3, -0.25) is 0 Å². The summed E-state index contributed by atoms with van der Waals surface area (Å²) in [6, 6.07) is 8.03. The summed E-state index contributed by atoms with van der Waals surface area (Å²) in [6.45, 7) is 4.43. The highest BCUT2D eigenvalue weighted by Crippen LogP contribution is 2.20. The molecule has 2 amide bonds. The maximum absolute atomic E-state index is 12.6. The van der Waals surface area contributed by atoms with Crippen LogP contribution in [0.2, 0.25) is 0 Å². The van der Waals surface area contributed by atoms with Gasteiger partial charge in [0.2, 0.25) is 0 Å². The van der Waals surface area contributed by atoms with Gasteiger partial charge in [-0.1, -0.05) is 6.42 Å². The number of piperazine rings is 1. The molecule has 0 radical (unpaired) electrons. The van der Waals surface area contributed by atoms with Gasteiger partial charge in [0.1, 0.15) is 11.6 Å². The van der Waals surface area contributed by atoms with E-state index in [1.165, 1.54) is 12.8 Å². The monoisotopic (exact) mass is 384 g/mol. The van der Waals surface area contributed by atoms with Crippen LogP contribution in [-0.4, -0.2) is 59.0 Å². The second-order valence-corrected chi connectivity index (χ2v) is 7.33. The zero-order chi connectivity index (χ0) is 19.3. The fourth-order valence-electron chi connectivity index (χ4n) is 3.90. The first-order valence-corrected chi connectivity index (χ1v) is 10.1. The maximum Gasteiger partial charge on any atom is 0.317 e. The third-order valence-corrected chi connectivity index (χ3v) is 5.59. The number of hydrogen-bond acceptors (Lipinski definition) is 5. The molecule has 28 heavy (non-hydrogen) atoms. The van der Waals surface area contributed by atoms with E-state index in [0.29, 0.717) is 19.6 Å². The maximum atomic E-state index is 12.6. The van der Waals surface area contributed by atoms with Gasteiger partial charge < -0.3 is 24.4 Å². The summed E-state index contributed by atoms with van der Waals surface area (Å²) in [5, 5.41) is 11.6. The summed E-state index contributed by atoms with van der Waals surface area (Å²) in [5.74, 6) is 2.77. The predicted molar refractivity (Wildman–Crippen MR) is 107 cm³/mol. The highest BCUT2D eigenvalue weighted by Gasteiger charge is 2.22. The van der Waals surface area contributed by atoms with Gasteiger partial charge in [0.25, 0.3) is 0 Å². The molecule has 0 aliphatic carbocycles. The van der Waals surface area contributed by atoms with Crippen molar-refractivity contribution in [2.45, 2.75) is 38.8 Å². The number of carbonyl (C=O) groups is 1. The molecule has 8 heteroatoms. The minimum atomic E-state index is -0.0275. The SMILES string of the molecule is COc1ccc(N2CCN(C(=O)NCc3nnc4n3CCCCC4)CC2)cc1. The fraction of sp³-hybridized carbons (Fsp3) is 0.550. The molecule has 1 aromatic carbocycles. The Balaban J connectivity index is 1.28. The number of hydrogen-bond donors (Lipinski definition) is 1. The number of aromatic nitrogens is 3. The summed E-state index contributed by atoms with van der Waals surface area (Å²) in [7, 11) is 1.67. The highest BCUT2D eigenvalue weighted by atomic mass is 16.5. The van der Waals surface area contributed by atoms with Gasteiger partial charge in [0.15, 0.2) is 5.82 Å². The largest absolute Gasteiger partial charge is 0.497 e. The van der Waals surface area contributed by atoms with Crippen LogP contribution in [0.1, 0.15) is 30.9 Å². The standard InChI is InChI=1S/C20H28N6O2/c1-28-17-8-6-16(7-9-17)24-11-13-25(14-12-24)20(27)21-15-19-23-22-18-5-3-2-4-10-26(18)19/h6-9H,2-5,10-15H2,1H3,(H,21,27). The summed E-state index contributed by atoms with van der Waals surface area (Å²) in [5.41, 5.74) is 1.16. The quantitative estimate of drug-likeness (QED) is 0.873. The normalized spacial score (nSPS) is 17.0. The molecular formula is C20H28N6O2. The zero-order valence-electron chi connectivity index (χ0n) is 16.4. The molecule has 3 heterocycles. The van der Waals surface area contributed by atoms with Crippen molar-refractivity contribution in [2.75, 3.05) is 38.2 Å². The van der Waals surface area contributed by atoms with Crippen LogP contribution in [0.25, 0.3) is 0 Å². The van der Waals surface area contributed by atoms with Crippen molar-refractivity contribution in [3.63, 3.8) is 0 Å². The number of benzene rings is 1. The average Bonchev–Trinajstić information content (AvgIpc) is 2.98. The number of methoxy groups -OCH3 is 1. The molecule has 8 nitrogen and oxygen atoms in total. The molecule has 1 fully saturated rings. The van der Waals surface area contributed by atoms with Gasteiger partial charge in [0.05, 0.1) is 13.7 Å². The van der Waals surface area contributed by atoms with E-state index in [0.717, 1.165) is 55.6 Å². The first kappa shape index (κ1) is 18.6. The van der Waals surface area contributed by atoms with Crippen molar-refractivity contribution in [2.24, 2.45) is 0 Å². The van der Waals surface area contributed by atoms with Crippen molar-refractivity contribution in [1.29, 1.82) is 0 Å². The van der Waals surface area contributed by atoms with E-state index in [2.05, 4.69) is 37.1 Å². The smallest absolute Gasteiger partial charge is 0.317 e. The number of nitrogens with one attached hydrogen (secondary N) is 1. The number of fused-ring (bicyclic) bond motifs is 1. The topological polar surface area (TPSA) is 75.5 Å². The van der Waals surface area contributed by atoms with Crippen LogP contribution >= 0.6 is 0 Å². The third-order valence-electron chi connectivity index (χ3n) is 5.59. The Morgan fingerprint density at radius 1 is 1.04 bits per heavy atom. The van der Waals surface area contributed by atoms with E-state index in [1.54, 1.807) is 7.11 Å². The van der Waals surface area contributed by atoms with Crippen LogP contribution in [0.5, 0.6) is 5.75 Å². The molecule has 2 aliphatic heterocycles. The number of aryl methyl sites for hydroxylation is 1. The lowest BCUT2D eigenvalue weighted by Gasteiger charge is -2.36. The molecule has 0 unspecified atom stereocenters. The number of amides is 2. The second kappa shape index (κ2) is 8.50. The lowest BCUT2D eigenvalue weighted by atomic mass is 10.2. The van der Waals surface area contributed by atoms with Gasteiger partial charge in [-0.15, -0.1) is 10.2 Å². The number of rotatable bonds is 4. The van der Waals surface area contributed by atoms with Crippen molar-refractivity contribution in [3.8, 4) is 5.75 Å². The van der Waals surface area contributed by atoms with Gasteiger partial charge in [-0.05, 0) is 37.1 Å². The van der Waals surface area contributed by atoms with E-state index < -0.39 is 0 Å². The summed E-state index contributed by atoms with van der Waals surface area (Å²) in [4.78, 5) is 16.7. The number of urea groups is 1. The Kier molecular flexibility index (Phi) is 5.64.